The van der Waals surface area contributed by atoms with Crippen LogP contribution in [0.2, 0.25) is 0 Å². The number of hydrogen-bond donors (Lipinski definition) is 0. The normalized spacial score (nSPS) is 13.0. The zero-order valence-corrected chi connectivity index (χ0v) is 29.0. The predicted octanol–water partition coefficient (Wildman–Crippen LogP) is 13.7. The molecule has 0 amide bonds. The number of rotatable bonds is 5. The second-order valence-electron chi connectivity index (χ2n) is 14.3. The van der Waals surface area contributed by atoms with Gasteiger partial charge in [0, 0.05) is 22.4 Å². The highest BCUT2D eigenvalue weighted by atomic mass is 15.1. The van der Waals surface area contributed by atoms with Crippen molar-refractivity contribution in [3.63, 3.8) is 0 Å². The van der Waals surface area contributed by atoms with Crippen LogP contribution in [0.5, 0.6) is 0 Å². The van der Waals surface area contributed by atoms with Crippen LogP contribution in [0.4, 0.5) is 17.1 Å². The first-order valence-electron chi connectivity index (χ1n) is 17.6. The Hall–Kier alpha value is -5.92. The van der Waals surface area contributed by atoms with Crippen LogP contribution >= 0.6 is 0 Å². The average Bonchev–Trinajstić information content (AvgIpc) is 3.39. The Labute approximate surface area is 295 Å². The monoisotopic (exact) mass is 641 g/mol. The molecule has 9 rings (SSSR count). The maximum absolute atomic E-state index is 2.51. The van der Waals surface area contributed by atoms with E-state index in [0.29, 0.717) is 0 Å². The molecule has 0 spiro atoms. The summed E-state index contributed by atoms with van der Waals surface area (Å²) in [4.78, 5) is 2.51. The lowest BCUT2D eigenvalue weighted by Crippen LogP contribution is -2.16. The number of benzene rings is 8. The topological polar surface area (TPSA) is 3.24 Å². The Kier molecular flexibility index (Phi) is 7.00. The van der Waals surface area contributed by atoms with Gasteiger partial charge in [0.2, 0.25) is 0 Å². The molecule has 8 aromatic rings. The van der Waals surface area contributed by atoms with E-state index < -0.39 is 0 Å². The minimum atomic E-state index is -0.0857. The van der Waals surface area contributed by atoms with Gasteiger partial charge in [0.1, 0.15) is 0 Å². The molecule has 0 radical (unpaired) electrons. The Balaban J connectivity index is 1.22. The summed E-state index contributed by atoms with van der Waals surface area (Å²) in [6, 6.07) is 60.5. The summed E-state index contributed by atoms with van der Waals surface area (Å²) in [5, 5.41) is 5.05. The largest absolute Gasteiger partial charge is 0.309 e. The van der Waals surface area contributed by atoms with Crippen LogP contribution in [0.25, 0.3) is 54.9 Å². The summed E-state index contributed by atoms with van der Waals surface area (Å²) in [7, 11) is 0. The summed E-state index contributed by atoms with van der Waals surface area (Å²) in [5.41, 5.74) is 16.3. The number of anilines is 3. The van der Waals surface area contributed by atoms with Crippen molar-refractivity contribution in [2.45, 2.75) is 33.1 Å². The van der Waals surface area contributed by atoms with Gasteiger partial charge in [0.25, 0.3) is 0 Å². The van der Waals surface area contributed by atoms with E-state index in [2.05, 4.69) is 196 Å². The Morgan fingerprint density at radius 2 is 0.840 bits per heavy atom. The Morgan fingerprint density at radius 1 is 0.380 bits per heavy atom. The molecule has 1 aliphatic rings. The van der Waals surface area contributed by atoms with Gasteiger partial charge in [-0.3, -0.25) is 0 Å². The predicted molar refractivity (Wildman–Crippen MR) is 214 cm³/mol. The van der Waals surface area contributed by atoms with E-state index in [1.54, 1.807) is 0 Å². The summed E-state index contributed by atoms with van der Waals surface area (Å²) in [5.74, 6) is 0. The maximum atomic E-state index is 2.51. The molecule has 0 aromatic heterocycles. The smallest absolute Gasteiger partial charge is 0.0543 e. The molecule has 1 aliphatic carbocycles. The van der Waals surface area contributed by atoms with Gasteiger partial charge in [-0.2, -0.15) is 0 Å². The van der Waals surface area contributed by atoms with Gasteiger partial charge < -0.3 is 4.90 Å². The van der Waals surface area contributed by atoms with Crippen LogP contribution < -0.4 is 4.90 Å². The van der Waals surface area contributed by atoms with E-state index >= 15 is 0 Å². The van der Waals surface area contributed by atoms with Crippen LogP contribution in [0.15, 0.2) is 164 Å². The first-order valence-corrected chi connectivity index (χ1v) is 17.6. The van der Waals surface area contributed by atoms with Gasteiger partial charge in [0.15, 0.2) is 0 Å². The lowest BCUT2D eigenvalue weighted by Gasteiger charge is -2.31. The molecule has 0 N–H and O–H groups in total. The summed E-state index contributed by atoms with van der Waals surface area (Å²) in [6.45, 7) is 9.23. The Morgan fingerprint density at radius 3 is 1.40 bits per heavy atom. The minimum Gasteiger partial charge on any atom is -0.309 e. The van der Waals surface area contributed by atoms with Crippen molar-refractivity contribution in [1.29, 1.82) is 0 Å². The fourth-order valence-corrected chi connectivity index (χ4v) is 8.22. The van der Waals surface area contributed by atoms with E-state index in [1.165, 1.54) is 94.2 Å². The van der Waals surface area contributed by atoms with Gasteiger partial charge in [0.05, 0.1) is 5.69 Å². The second-order valence-corrected chi connectivity index (χ2v) is 14.3. The van der Waals surface area contributed by atoms with E-state index in [-0.39, 0.29) is 5.41 Å². The van der Waals surface area contributed by atoms with Gasteiger partial charge in [-0.25, -0.2) is 0 Å². The van der Waals surface area contributed by atoms with Gasteiger partial charge in [-0.1, -0.05) is 135 Å². The first-order chi connectivity index (χ1) is 24.4. The lowest BCUT2D eigenvalue weighted by molar-refractivity contribution is 0.660. The number of aryl methyl sites for hydroxylation is 2. The van der Waals surface area contributed by atoms with E-state index in [9.17, 15) is 0 Å². The van der Waals surface area contributed by atoms with Crippen LogP contribution in [0.3, 0.4) is 0 Å². The van der Waals surface area contributed by atoms with E-state index in [4.69, 9.17) is 0 Å². The highest BCUT2D eigenvalue weighted by Crippen LogP contribution is 2.54. The Bertz CT molecular complexity index is 2480. The number of nitrogens with zero attached hydrogens (tertiary/aromatic N) is 1. The van der Waals surface area contributed by atoms with Gasteiger partial charge >= 0.3 is 0 Å². The van der Waals surface area contributed by atoms with Crippen molar-refractivity contribution in [2.24, 2.45) is 0 Å². The molecular weight excluding hydrogens is 603 g/mol. The summed E-state index contributed by atoms with van der Waals surface area (Å²) >= 11 is 0. The third-order valence-corrected chi connectivity index (χ3v) is 10.9. The molecule has 0 aliphatic heterocycles. The zero-order valence-electron chi connectivity index (χ0n) is 29.0. The van der Waals surface area contributed by atoms with E-state index in [1.807, 2.05) is 0 Å². The second kappa shape index (κ2) is 11.6. The number of fused-ring (bicyclic) bond motifs is 5. The minimum absolute atomic E-state index is 0.0857. The van der Waals surface area contributed by atoms with Crippen molar-refractivity contribution in [3.8, 4) is 33.4 Å². The van der Waals surface area contributed by atoms with Gasteiger partial charge in [-0.15, -0.1) is 0 Å². The van der Waals surface area contributed by atoms with Crippen molar-refractivity contribution in [3.05, 3.63) is 186 Å². The molecule has 240 valence electrons. The molecule has 50 heavy (non-hydrogen) atoms. The molecule has 8 aromatic carbocycles. The van der Waals surface area contributed by atoms with Gasteiger partial charge in [-0.05, 0) is 128 Å². The van der Waals surface area contributed by atoms with Crippen molar-refractivity contribution >= 4 is 38.6 Å². The maximum Gasteiger partial charge on any atom is 0.0543 e. The van der Waals surface area contributed by atoms with Crippen molar-refractivity contribution in [1.82, 2.24) is 0 Å². The molecule has 1 nitrogen and oxygen atoms in total. The highest BCUT2D eigenvalue weighted by Gasteiger charge is 2.38. The molecule has 0 bridgehead atoms. The summed E-state index contributed by atoms with van der Waals surface area (Å²) < 4.78 is 0. The molecule has 0 fully saturated rings. The fraction of sp³-hybridized carbons (Fsp3) is 0.102. The SMILES string of the molecule is Cc1cc(-c2ccc3ccccc3c2)ccc1N(c1ccc(-c2ccc3ccccc3c2)cc1C)c1cccc2c1-c1ccccc1C2(C)C. The quantitative estimate of drug-likeness (QED) is 0.181. The highest BCUT2D eigenvalue weighted by molar-refractivity contribution is 5.97. The van der Waals surface area contributed by atoms with Crippen LogP contribution in [0, 0.1) is 13.8 Å². The molecule has 0 unspecified atom stereocenters. The first kappa shape index (κ1) is 30.2. The molecular formula is C49H39N. The average molecular weight is 642 g/mol. The standard InChI is InChI=1S/C49H39N/c1-32-28-38(40-22-20-34-12-5-7-14-36(34)30-40)24-26-45(32)50(47-19-11-18-44-48(47)42-16-9-10-17-43(42)49(44,3)4)46-27-25-39(29-33(46)2)41-23-21-35-13-6-8-15-37(35)31-41/h5-31H,1-4H3. The third-order valence-electron chi connectivity index (χ3n) is 10.9. The fourth-order valence-electron chi connectivity index (χ4n) is 8.22. The van der Waals surface area contributed by atoms with Crippen molar-refractivity contribution < 1.29 is 0 Å². The number of hydrogen-bond acceptors (Lipinski definition) is 1. The van der Waals surface area contributed by atoms with Crippen LogP contribution in [-0.4, -0.2) is 0 Å². The third kappa shape index (κ3) is 4.84. The molecule has 0 saturated carbocycles. The molecule has 0 saturated heterocycles. The lowest BCUT2D eigenvalue weighted by atomic mass is 9.82. The zero-order chi connectivity index (χ0) is 34.0. The molecule has 0 heterocycles. The van der Waals surface area contributed by atoms with Crippen LogP contribution in [-0.2, 0) is 5.41 Å². The molecule has 1 heteroatoms. The molecule has 0 atom stereocenters. The van der Waals surface area contributed by atoms with Crippen molar-refractivity contribution in [2.75, 3.05) is 4.90 Å². The van der Waals surface area contributed by atoms with Crippen LogP contribution in [0.1, 0.15) is 36.1 Å². The van der Waals surface area contributed by atoms with E-state index in [0.717, 1.165) is 0 Å². The summed E-state index contributed by atoms with van der Waals surface area (Å²) in [6.07, 6.45) is 0.